The summed E-state index contributed by atoms with van der Waals surface area (Å²) in [5, 5.41) is 9.76. The Morgan fingerprint density at radius 2 is 2.13 bits per heavy atom. The first-order valence-electron chi connectivity index (χ1n) is 5.45. The number of carbonyl (C=O) groups excluding carboxylic acids is 1. The first kappa shape index (κ1) is 12.8. The Morgan fingerprint density at radius 3 is 2.67 bits per heavy atom. The van der Waals surface area contributed by atoms with Crippen molar-refractivity contribution in [3.8, 4) is 0 Å². The molecule has 1 aliphatic carbocycles. The van der Waals surface area contributed by atoms with Crippen LogP contribution < -0.4 is 0 Å². The molecule has 1 rings (SSSR count). The van der Waals surface area contributed by atoms with E-state index in [4.69, 9.17) is 0 Å². The second kappa shape index (κ2) is 5.75. The lowest BCUT2D eigenvalue weighted by atomic mass is 10.1. The highest BCUT2D eigenvalue weighted by Crippen LogP contribution is 2.29. The van der Waals surface area contributed by atoms with E-state index in [-0.39, 0.29) is 0 Å². The van der Waals surface area contributed by atoms with E-state index in [2.05, 4.69) is 4.74 Å². The molecule has 0 radical (unpaired) electrons. The molecule has 88 valence electrons. The summed E-state index contributed by atoms with van der Waals surface area (Å²) in [6.07, 6.45) is 5.26. The first-order valence-corrected chi connectivity index (χ1v) is 6.60. The summed E-state index contributed by atoms with van der Waals surface area (Å²) in [6, 6.07) is 0. The molecule has 3 nitrogen and oxygen atoms in total. The zero-order valence-corrected chi connectivity index (χ0v) is 10.3. The lowest BCUT2D eigenvalue weighted by molar-refractivity contribution is -0.158. The maximum absolute atomic E-state index is 11.2. The van der Waals surface area contributed by atoms with Crippen LogP contribution in [0.4, 0.5) is 0 Å². The fraction of sp³-hybridized carbons (Fsp3) is 0.909. The number of thioether (sulfide) groups is 1. The molecule has 1 atom stereocenters. The number of methoxy groups -OCH3 is 1. The number of esters is 1. The highest BCUT2D eigenvalue weighted by Gasteiger charge is 2.31. The van der Waals surface area contributed by atoms with Gasteiger partial charge in [0.1, 0.15) is 0 Å². The van der Waals surface area contributed by atoms with Gasteiger partial charge < -0.3 is 9.84 Å². The smallest absolute Gasteiger partial charge is 0.338 e. The molecule has 15 heavy (non-hydrogen) atoms. The van der Waals surface area contributed by atoms with Crippen LogP contribution in [0, 0.1) is 5.92 Å². The van der Waals surface area contributed by atoms with Crippen molar-refractivity contribution in [2.45, 2.75) is 38.2 Å². The molecule has 0 bridgehead atoms. The van der Waals surface area contributed by atoms with Crippen molar-refractivity contribution in [2.75, 3.05) is 18.6 Å². The highest BCUT2D eigenvalue weighted by atomic mass is 32.2. The van der Waals surface area contributed by atoms with E-state index in [1.165, 1.54) is 39.7 Å². The molecular weight excluding hydrogens is 212 g/mol. The maximum atomic E-state index is 11.2. The topological polar surface area (TPSA) is 46.5 Å². The van der Waals surface area contributed by atoms with E-state index in [9.17, 15) is 9.90 Å². The second-order valence-corrected chi connectivity index (χ2v) is 5.46. The van der Waals surface area contributed by atoms with Crippen molar-refractivity contribution in [1.82, 2.24) is 0 Å². The molecule has 1 aliphatic rings. The average molecular weight is 232 g/mol. The average Bonchev–Trinajstić information content (AvgIpc) is 2.69. The van der Waals surface area contributed by atoms with E-state index in [0.29, 0.717) is 5.75 Å². The predicted molar refractivity (Wildman–Crippen MR) is 61.9 cm³/mol. The van der Waals surface area contributed by atoms with Crippen LogP contribution in [0.2, 0.25) is 0 Å². The minimum atomic E-state index is -1.34. The second-order valence-electron chi connectivity index (χ2n) is 4.43. The number of hydrogen-bond acceptors (Lipinski definition) is 4. The third kappa shape index (κ3) is 4.03. The molecule has 1 fully saturated rings. The van der Waals surface area contributed by atoms with Gasteiger partial charge in [-0.1, -0.05) is 12.8 Å². The molecule has 0 spiro atoms. The van der Waals surface area contributed by atoms with Crippen molar-refractivity contribution in [2.24, 2.45) is 5.92 Å². The monoisotopic (exact) mass is 232 g/mol. The summed E-state index contributed by atoms with van der Waals surface area (Å²) in [5.41, 5.74) is -1.34. The Balaban J connectivity index is 2.20. The van der Waals surface area contributed by atoms with Gasteiger partial charge in [0, 0.05) is 5.75 Å². The van der Waals surface area contributed by atoms with Crippen molar-refractivity contribution < 1.29 is 14.6 Å². The summed E-state index contributed by atoms with van der Waals surface area (Å²) in [6.45, 7) is 1.51. The van der Waals surface area contributed by atoms with E-state index < -0.39 is 11.6 Å². The van der Waals surface area contributed by atoms with Gasteiger partial charge in [0.05, 0.1) is 7.11 Å². The Labute approximate surface area is 95.6 Å². The number of ether oxygens (including phenoxy) is 1. The van der Waals surface area contributed by atoms with Crippen LogP contribution in [0.1, 0.15) is 32.6 Å². The number of hydrogen-bond donors (Lipinski definition) is 1. The van der Waals surface area contributed by atoms with Gasteiger partial charge in [-0.05, 0) is 31.4 Å². The van der Waals surface area contributed by atoms with Gasteiger partial charge in [-0.2, -0.15) is 11.8 Å². The van der Waals surface area contributed by atoms with E-state index in [1.807, 2.05) is 0 Å². The van der Waals surface area contributed by atoms with Gasteiger partial charge in [0.2, 0.25) is 0 Å². The van der Waals surface area contributed by atoms with Crippen molar-refractivity contribution in [3.05, 3.63) is 0 Å². The summed E-state index contributed by atoms with van der Waals surface area (Å²) in [4.78, 5) is 11.2. The summed E-state index contributed by atoms with van der Waals surface area (Å²) >= 11 is 1.65. The zero-order chi connectivity index (χ0) is 11.3. The molecule has 0 aromatic carbocycles. The molecule has 1 unspecified atom stereocenters. The van der Waals surface area contributed by atoms with Gasteiger partial charge in [-0.25, -0.2) is 4.79 Å². The van der Waals surface area contributed by atoms with Crippen LogP contribution in [-0.4, -0.2) is 35.3 Å². The SMILES string of the molecule is COC(=O)C(C)(O)CSCC1CCCC1. The lowest BCUT2D eigenvalue weighted by Crippen LogP contribution is -2.39. The summed E-state index contributed by atoms with van der Waals surface area (Å²) < 4.78 is 4.54. The van der Waals surface area contributed by atoms with Crippen LogP contribution in [-0.2, 0) is 9.53 Å². The Kier molecular flexibility index (Phi) is 4.93. The molecule has 1 saturated carbocycles. The molecule has 0 saturated heterocycles. The van der Waals surface area contributed by atoms with Gasteiger partial charge in [0.25, 0.3) is 0 Å². The van der Waals surface area contributed by atoms with Crippen LogP contribution in [0.3, 0.4) is 0 Å². The predicted octanol–water partition coefficient (Wildman–Crippen LogP) is 1.83. The van der Waals surface area contributed by atoms with E-state index >= 15 is 0 Å². The van der Waals surface area contributed by atoms with Gasteiger partial charge in [-0.3, -0.25) is 0 Å². The summed E-state index contributed by atoms with van der Waals surface area (Å²) in [5.74, 6) is 1.72. The molecule has 0 aromatic heterocycles. The van der Waals surface area contributed by atoms with Crippen molar-refractivity contribution >= 4 is 17.7 Å². The van der Waals surface area contributed by atoms with Crippen LogP contribution in [0.5, 0.6) is 0 Å². The number of aliphatic hydroxyl groups is 1. The standard InChI is InChI=1S/C11H20O3S/c1-11(13,10(12)14-2)8-15-7-9-5-3-4-6-9/h9,13H,3-8H2,1-2H3. The van der Waals surface area contributed by atoms with Gasteiger partial charge in [0.15, 0.2) is 5.60 Å². The van der Waals surface area contributed by atoms with E-state index in [0.717, 1.165) is 11.7 Å². The number of rotatable bonds is 5. The van der Waals surface area contributed by atoms with Crippen molar-refractivity contribution in [1.29, 1.82) is 0 Å². The van der Waals surface area contributed by atoms with Gasteiger partial charge >= 0.3 is 5.97 Å². The molecule has 4 heteroatoms. The normalized spacial score (nSPS) is 21.3. The maximum Gasteiger partial charge on any atom is 0.338 e. The minimum absolute atomic E-state index is 0.427. The lowest BCUT2D eigenvalue weighted by Gasteiger charge is -2.20. The molecular formula is C11H20O3S. The fourth-order valence-corrected chi connectivity index (χ4v) is 3.18. The number of carbonyl (C=O) groups is 1. The zero-order valence-electron chi connectivity index (χ0n) is 9.49. The third-order valence-electron chi connectivity index (χ3n) is 2.84. The van der Waals surface area contributed by atoms with Gasteiger partial charge in [-0.15, -0.1) is 0 Å². The molecule has 0 aliphatic heterocycles. The van der Waals surface area contributed by atoms with E-state index in [1.54, 1.807) is 11.8 Å². The van der Waals surface area contributed by atoms with Crippen molar-refractivity contribution in [3.63, 3.8) is 0 Å². The minimum Gasteiger partial charge on any atom is -0.467 e. The van der Waals surface area contributed by atoms with Crippen LogP contribution in [0.25, 0.3) is 0 Å². The molecule has 0 aromatic rings. The third-order valence-corrected chi connectivity index (χ3v) is 4.31. The highest BCUT2D eigenvalue weighted by molar-refractivity contribution is 7.99. The molecule has 1 N–H and O–H groups in total. The molecule has 0 heterocycles. The van der Waals surface area contributed by atoms with Crippen LogP contribution >= 0.6 is 11.8 Å². The Hall–Kier alpha value is -0.220. The fourth-order valence-electron chi connectivity index (χ4n) is 1.88. The first-order chi connectivity index (χ1) is 7.06. The van der Waals surface area contributed by atoms with Crippen LogP contribution in [0.15, 0.2) is 0 Å². The molecule has 0 amide bonds. The Bertz CT molecular complexity index is 210. The largest absolute Gasteiger partial charge is 0.467 e. The Morgan fingerprint density at radius 1 is 1.53 bits per heavy atom. The summed E-state index contributed by atoms with van der Waals surface area (Å²) in [7, 11) is 1.30. The quantitative estimate of drug-likeness (QED) is 0.735.